The molecule has 0 fully saturated rings. The molecular formula is C11H14O3. The Morgan fingerprint density at radius 3 is 1.57 bits per heavy atom. The van der Waals surface area contributed by atoms with E-state index in [0.717, 1.165) is 5.56 Å². The molecule has 1 aromatic carbocycles. The molecule has 1 rings (SSSR count). The standard InChI is InChI=1S/C11H14O3/c1-5-6(2)10(13)9(8(4)12)11(14)7(5)3/h13-14H,1-4H3. The second kappa shape index (κ2) is 3.33. The molecule has 0 spiro atoms. The van der Waals surface area contributed by atoms with Crippen LogP contribution in [0.3, 0.4) is 0 Å². The van der Waals surface area contributed by atoms with Gasteiger partial charge in [0, 0.05) is 0 Å². The maximum atomic E-state index is 11.2. The fourth-order valence-corrected chi connectivity index (χ4v) is 1.46. The van der Waals surface area contributed by atoms with Gasteiger partial charge in [0.05, 0.1) is 0 Å². The van der Waals surface area contributed by atoms with Gasteiger partial charge in [0.15, 0.2) is 5.78 Å². The van der Waals surface area contributed by atoms with Crippen LogP contribution in [0.5, 0.6) is 11.5 Å². The van der Waals surface area contributed by atoms with Gasteiger partial charge in [-0.3, -0.25) is 4.79 Å². The molecule has 0 saturated carbocycles. The van der Waals surface area contributed by atoms with Crippen LogP contribution in [-0.2, 0) is 0 Å². The predicted molar refractivity (Wildman–Crippen MR) is 54.0 cm³/mol. The van der Waals surface area contributed by atoms with Crippen LogP contribution in [-0.4, -0.2) is 16.0 Å². The van der Waals surface area contributed by atoms with Crippen molar-refractivity contribution in [2.75, 3.05) is 0 Å². The minimum absolute atomic E-state index is 0.0191. The smallest absolute Gasteiger partial charge is 0.167 e. The summed E-state index contributed by atoms with van der Waals surface area (Å²) in [5.74, 6) is -0.553. The molecule has 3 nitrogen and oxygen atoms in total. The van der Waals surface area contributed by atoms with Crippen molar-refractivity contribution >= 4 is 5.78 Å². The Morgan fingerprint density at radius 2 is 1.29 bits per heavy atom. The van der Waals surface area contributed by atoms with E-state index in [2.05, 4.69) is 0 Å². The van der Waals surface area contributed by atoms with E-state index in [1.165, 1.54) is 6.92 Å². The molecule has 0 heterocycles. The fourth-order valence-electron chi connectivity index (χ4n) is 1.46. The maximum absolute atomic E-state index is 11.2. The third kappa shape index (κ3) is 1.35. The molecule has 0 bridgehead atoms. The molecule has 0 radical (unpaired) electrons. The third-order valence-electron chi connectivity index (χ3n) is 2.66. The van der Waals surface area contributed by atoms with E-state index in [0.29, 0.717) is 11.1 Å². The first-order chi connectivity index (χ1) is 6.37. The van der Waals surface area contributed by atoms with Crippen LogP contribution in [0.1, 0.15) is 34.0 Å². The van der Waals surface area contributed by atoms with Gasteiger partial charge in [-0.2, -0.15) is 0 Å². The van der Waals surface area contributed by atoms with Crippen molar-refractivity contribution in [3.05, 3.63) is 22.3 Å². The highest BCUT2D eigenvalue weighted by molar-refractivity contribution is 6.00. The van der Waals surface area contributed by atoms with Crippen molar-refractivity contribution in [1.29, 1.82) is 0 Å². The number of benzene rings is 1. The van der Waals surface area contributed by atoms with Gasteiger partial charge in [0.2, 0.25) is 0 Å². The highest BCUT2D eigenvalue weighted by atomic mass is 16.3. The molecule has 14 heavy (non-hydrogen) atoms. The summed E-state index contributed by atoms with van der Waals surface area (Å²) in [5.41, 5.74) is 2.12. The van der Waals surface area contributed by atoms with Gasteiger partial charge in [-0.1, -0.05) is 0 Å². The highest BCUT2D eigenvalue weighted by Gasteiger charge is 2.19. The summed E-state index contributed by atoms with van der Waals surface area (Å²) in [4.78, 5) is 11.2. The van der Waals surface area contributed by atoms with Crippen LogP contribution in [0.2, 0.25) is 0 Å². The summed E-state index contributed by atoms with van der Waals surface area (Å²) >= 11 is 0. The molecule has 1 aromatic rings. The topological polar surface area (TPSA) is 57.5 Å². The predicted octanol–water partition coefficient (Wildman–Crippen LogP) is 2.23. The van der Waals surface area contributed by atoms with Crippen LogP contribution in [0.15, 0.2) is 0 Å². The first-order valence-electron chi connectivity index (χ1n) is 4.40. The van der Waals surface area contributed by atoms with Crippen molar-refractivity contribution < 1.29 is 15.0 Å². The van der Waals surface area contributed by atoms with Crippen molar-refractivity contribution in [2.45, 2.75) is 27.7 Å². The van der Waals surface area contributed by atoms with Gasteiger partial charge >= 0.3 is 0 Å². The largest absolute Gasteiger partial charge is 0.507 e. The third-order valence-corrected chi connectivity index (χ3v) is 2.66. The Morgan fingerprint density at radius 1 is 0.929 bits per heavy atom. The van der Waals surface area contributed by atoms with E-state index in [1.807, 2.05) is 0 Å². The summed E-state index contributed by atoms with van der Waals surface area (Å²) < 4.78 is 0. The first-order valence-corrected chi connectivity index (χ1v) is 4.40. The zero-order chi connectivity index (χ0) is 11.0. The van der Waals surface area contributed by atoms with E-state index < -0.39 is 0 Å². The number of rotatable bonds is 1. The molecule has 0 aliphatic rings. The number of hydrogen-bond acceptors (Lipinski definition) is 3. The number of carbonyl (C=O) groups excluding carboxylic acids is 1. The van der Waals surface area contributed by atoms with E-state index in [-0.39, 0.29) is 22.8 Å². The summed E-state index contributed by atoms with van der Waals surface area (Å²) in [5, 5.41) is 19.3. The molecule has 0 amide bonds. The molecule has 0 unspecified atom stereocenters. The lowest BCUT2D eigenvalue weighted by molar-refractivity contribution is 0.101. The Kier molecular flexibility index (Phi) is 2.51. The molecule has 0 aromatic heterocycles. The lowest BCUT2D eigenvalue weighted by atomic mass is 9.96. The van der Waals surface area contributed by atoms with Gasteiger partial charge in [-0.05, 0) is 44.4 Å². The molecule has 0 atom stereocenters. The van der Waals surface area contributed by atoms with E-state index >= 15 is 0 Å². The van der Waals surface area contributed by atoms with E-state index in [4.69, 9.17) is 0 Å². The Labute approximate surface area is 83.0 Å². The molecule has 2 N–H and O–H groups in total. The molecule has 3 heteroatoms. The SMILES string of the molecule is CC(=O)c1c(O)c(C)c(C)c(C)c1O. The number of aromatic hydroxyl groups is 2. The second-order valence-corrected chi connectivity index (χ2v) is 3.50. The Hall–Kier alpha value is -1.51. The number of Topliss-reactive ketones (excluding diaryl/α,β-unsaturated/α-hetero) is 1. The van der Waals surface area contributed by atoms with Gasteiger partial charge in [-0.15, -0.1) is 0 Å². The number of hydrogen-bond donors (Lipinski definition) is 2. The van der Waals surface area contributed by atoms with Gasteiger partial charge in [0.1, 0.15) is 17.1 Å². The molecule has 0 saturated heterocycles. The second-order valence-electron chi connectivity index (χ2n) is 3.50. The zero-order valence-corrected chi connectivity index (χ0v) is 8.80. The van der Waals surface area contributed by atoms with Crippen LogP contribution in [0, 0.1) is 20.8 Å². The van der Waals surface area contributed by atoms with Gasteiger partial charge in [0.25, 0.3) is 0 Å². The summed E-state index contributed by atoms with van der Waals surface area (Å²) in [7, 11) is 0. The highest BCUT2D eigenvalue weighted by Crippen LogP contribution is 2.36. The lowest BCUT2D eigenvalue weighted by Gasteiger charge is -2.13. The normalized spacial score (nSPS) is 10.3. The fraction of sp³-hybridized carbons (Fsp3) is 0.364. The van der Waals surface area contributed by atoms with E-state index in [1.54, 1.807) is 20.8 Å². The maximum Gasteiger partial charge on any atom is 0.167 e. The minimum atomic E-state index is -0.328. The van der Waals surface area contributed by atoms with Crippen molar-refractivity contribution in [1.82, 2.24) is 0 Å². The summed E-state index contributed by atoms with van der Waals surface area (Å²) in [6.07, 6.45) is 0. The average molecular weight is 194 g/mol. The Bertz CT molecular complexity index is 376. The quantitative estimate of drug-likeness (QED) is 0.674. The van der Waals surface area contributed by atoms with Gasteiger partial charge < -0.3 is 10.2 Å². The minimum Gasteiger partial charge on any atom is -0.507 e. The van der Waals surface area contributed by atoms with Crippen LogP contribution in [0.25, 0.3) is 0 Å². The Balaban J connectivity index is 3.68. The van der Waals surface area contributed by atoms with E-state index in [9.17, 15) is 15.0 Å². The number of carbonyl (C=O) groups is 1. The summed E-state index contributed by atoms with van der Waals surface area (Å²) in [6.45, 7) is 6.57. The molecule has 76 valence electrons. The number of phenolic OH excluding ortho intramolecular Hbond substituents is 2. The van der Waals surface area contributed by atoms with Crippen molar-refractivity contribution in [2.24, 2.45) is 0 Å². The van der Waals surface area contributed by atoms with Crippen molar-refractivity contribution in [3.63, 3.8) is 0 Å². The zero-order valence-electron chi connectivity index (χ0n) is 8.80. The van der Waals surface area contributed by atoms with Crippen LogP contribution < -0.4 is 0 Å². The monoisotopic (exact) mass is 194 g/mol. The van der Waals surface area contributed by atoms with Crippen LogP contribution in [0.4, 0.5) is 0 Å². The van der Waals surface area contributed by atoms with Gasteiger partial charge in [-0.25, -0.2) is 0 Å². The van der Waals surface area contributed by atoms with Crippen molar-refractivity contribution in [3.8, 4) is 11.5 Å². The molecular weight excluding hydrogens is 180 g/mol. The lowest BCUT2D eigenvalue weighted by Crippen LogP contribution is -1.99. The first kappa shape index (κ1) is 10.6. The molecule has 0 aliphatic carbocycles. The summed E-state index contributed by atoms with van der Waals surface area (Å²) in [6, 6.07) is 0. The van der Waals surface area contributed by atoms with Crippen LogP contribution >= 0.6 is 0 Å². The molecule has 0 aliphatic heterocycles. The average Bonchev–Trinajstić information content (AvgIpc) is 2.11. The number of ketones is 1. The number of phenols is 2.